The van der Waals surface area contributed by atoms with Crippen molar-refractivity contribution in [2.45, 2.75) is 44.4 Å². The summed E-state index contributed by atoms with van der Waals surface area (Å²) in [6, 6.07) is 29.6. The molecule has 1 aliphatic heterocycles. The molecule has 4 atom stereocenters. The van der Waals surface area contributed by atoms with Gasteiger partial charge in [0.05, 0.1) is 26.4 Å². The SMILES string of the molecule is O=c1[nH]c(=O)c2cn([C@@H]3O[C@H](COCc4ccccc4)[C@@H](OCc4ccccc4)[C@@H]3OCc3ccccc3)nc2[nH]1. The van der Waals surface area contributed by atoms with Gasteiger partial charge in [-0.05, 0) is 16.7 Å². The average Bonchev–Trinajstić information content (AvgIpc) is 3.58. The highest BCUT2D eigenvalue weighted by Gasteiger charge is 2.48. The van der Waals surface area contributed by atoms with E-state index in [9.17, 15) is 9.59 Å². The smallest absolute Gasteiger partial charge is 0.327 e. The summed E-state index contributed by atoms with van der Waals surface area (Å²) in [7, 11) is 0. The first kappa shape index (κ1) is 26.9. The Bertz CT molecular complexity index is 1670. The van der Waals surface area contributed by atoms with Crippen molar-refractivity contribution in [3.05, 3.63) is 135 Å². The van der Waals surface area contributed by atoms with Crippen molar-refractivity contribution in [2.75, 3.05) is 6.61 Å². The van der Waals surface area contributed by atoms with E-state index in [0.29, 0.717) is 19.8 Å². The highest BCUT2D eigenvalue weighted by Crippen LogP contribution is 2.35. The highest BCUT2D eigenvalue weighted by atomic mass is 16.6. The molecule has 10 heteroatoms. The van der Waals surface area contributed by atoms with Gasteiger partial charge in [-0.25, -0.2) is 9.48 Å². The van der Waals surface area contributed by atoms with Crippen LogP contribution in [0.3, 0.4) is 0 Å². The number of hydrogen-bond acceptors (Lipinski definition) is 7. The van der Waals surface area contributed by atoms with Gasteiger partial charge in [0.25, 0.3) is 5.56 Å². The Labute approximate surface area is 235 Å². The van der Waals surface area contributed by atoms with Crippen molar-refractivity contribution in [1.29, 1.82) is 0 Å². The van der Waals surface area contributed by atoms with Crippen LogP contribution in [0.4, 0.5) is 0 Å². The fourth-order valence-electron chi connectivity index (χ4n) is 4.92. The first-order valence-electron chi connectivity index (χ1n) is 13.4. The molecule has 1 fully saturated rings. The molecule has 1 aliphatic rings. The van der Waals surface area contributed by atoms with E-state index in [-0.39, 0.29) is 17.6 Å². The highest BCUT2D eigenvalue weighted by molar-refractivity contribution is 5.72. The monoisotopic (exact) mass is 554 g/mol. The molecule has 0 bridgehead atoms. The molecule has 0 amide bonds. The van der Waals surface area contributed by atoms with E-state index in [1.165, 1.54) is 4.68 Å². The van der Waals surface area contributed by atoms with Crippen LogP contribution in [0.5, 0.6) is 0 Å². The third-order valence-corrected chi connectivity index (χ3v) is 6.95. The number of fused-ring (bicyclic) bond motifs is 1. The van der Waals surface area contributed by atoms with Crippen LogP contribution in [-0.4, -0.2) is 44.7 Å². The Kier molecular flexibility index (Phi) is 8.15. The normalized spacial score (nSPS) is 20.5. The van der Waals surface area contributed by atoms with Crippen molar-refractivity contribution in [3.8, 4) is 0 Å². The molecule has 5 aromatic rings. The number of hydrogen-bond donors (Lipinski definition) is 2. The molecule has 0 radical (unpaired) electrons. The maximum atomic E-state index is 12.4. The summed E-state index contributed by atoms with van der Waals surface area (Å²) in [5.74, 6) is 0. The van der Waals surface area contributed by atoms with Crippen LogP contribution < -0.4 is 11.2 Å². The molecule has 2 aromatic heterocycles. The number of nitrogens with one attached hydrogen (secondary N) is 2. The number of aromatic amines is 2. The molecule has 0 saturated carbocycles. The average molecular weight is 555 g/mol. The predicted molar refractivity (Wildman–Crippen MR) is 151 cm³/mol. The molecule has 210 valence electrons. The summed E-state index contributed by atoms with van der Waals surface area (Å²) in [5, 5.41) is 4.71. The van der Waals surface area contributed by atoms with Gasteiger partial charge in [0.15, 0.2) is 11.9 Å². The van der Waals surface area contributed by atoms with Gasteiger partial charge in [-0.3, -0.25) is 14.8 Å². The van der Waals surface area contributed by atoms with Crippen molar-refractivity contribution in [3.63, 3.8) is 0 Å². The van der Waals surface area contributed by atoms with Crippen LogP contribution in [0.1, 0.15) is 22.9 Å². The van der Waals surface area contributed by atoms with Crippen LogP contribution in [0, 0.1) is 0 Å². The lowest BCUT2D eigenvalue weighted by Crippen LogP contribution is -2.38. The summed E-state index contributed by atoms with van der Waals surface area (Å²) in [5.41, 5.74) is 2.04. The minimum Gasteiger partial charge on any atom is -0.374 e. The third-order valence-electron chi connectivity index (χ3n) is 6.95. The lowest BCUT2D eigenvalue weighted by molar-refractivity contribution is -0.0932. The maximum absolute atomic E-state index is 12.4. The Morgan fingerprint density at radius 2 is 1.29 bits per heavy atom. The second-order valence-corrected chi connectivity index (χ2v) is 9.87. The minimum atomic E-state index is -0.750. The maximum Gasteiger partial charge on any atom is 0.327 e. The zero-order chi connectivity index (χ0) is 28.0. The van der Waals surface area contributed by atoms with E-state index >= 15 is 0 Å². The van der Waals surface area contributed by atoms with E-state index in [1.54, 1.807) is 6.20 Å². The van der Waals surface area contributed by atoms with Gasteiger partial charge in [-0.15, -0.1) is 0 Å². The Hall–Kier alpha value is -4.35. The molecule has 0 aliphatic carbocycles. The first-order chi connectivity index (χ1) is 20.1. The lowest BCUT2D eigenvalue weighted by atomic mass is 10.1. The molecule has 0 spiro atoms. The molecule has 2 N–H and O–H groups in total. The fraction of sp³-hybridized carbons (Fsp3) is 0.258. The topological polar surface area (TPSA) is 120 Å². The third kappa shape index (κ3) is 6.36. The molecule has 41 heavy (non-hydrogen) atoms. The van der Waals surface area contributed by atoms with Crippen LogP contribution in [0.2, 0.25) is 0 Å². The van der Waals surface area contributed by atoms with Gasteiger partial charge in [-0.2, -0.15) is 5.10 Å². The Morgan fingerprint density at radius 1 is 0.732 bits per heavy atom. The Balaban J connectivity index is 1.30. The van der Waals surface area contributed by atoms with E-state index < -0.39 is 35.8 Å². The second kappa shape index (κ2) is 12.4. The number of ether oxygens (including phenoxy) is 4. The van der Waals surface area contributed by atoms with Gasteiger partial charge >= 0.3 is 5.69 Å². The summed E-state index contributed by atoms with van der Waals surface area (Å²) in [6.45, 7) is 1.31. The van der Waals surface area contributed by atoms with Crippen molar-refractivity contribution < 1.29 is 18.9 Å². The van der Waals surface area contributed by atoms with Gasteiger partial charge in [0.2, 0.25) is 0 Å². The standard InChI is InChI=1S/C31H30N4O6/c36-29-24-16-35(34-28(24)32-31(37)33-29)30-27(40-19-23-14-8-3-9-15-23)26(39-18-22-12-6-2-7-13-22)25(41-30)20-38-17-21-10-4-1-5-11-21/h1-16,25-27,30H,17-20H2,(H2,32,33,34,36,37)/t25-,26-,27+,30-/m1/s1. The van der Waals surface area contributed by atoms with Crippen LogP contribution >= 0.6 is 0 Å². The molecule has 1 saturated heterocycles. The van der Waals surface area contributed by atoms with Crippen LogP contribution in [-0.2, 0) is 38.8 Å². The molecule has 0 unspecified atom stereocenters. The lowest BCUT2D eigenvalue weighted by Gasteiger charge is -2.25. The molecular weight excluding hydrogens is 524 g/mol. The number of nitrogens with zero attached hydrogens (tertiary/aromatic N) is 2. The largest absolute Gasteiger partial charge is 0.374 e. The molecule has 3 heterocycles. The Morgan fingerprint density at radius 3 is 1.90 bits per heavy atom. The van der Waals surface area contributed by atoms with E-state index in [2.05, 4.69) is 15.1 Å². The van der Waals surface area contributed by atoms with Gasteiger partial charge in [0.1, 0.15) is 23.7 Å². The first-order valence-corrected chi connectivity index (χ1v) is 13.4. The summed E-state index contributed by atoms with van der Waals surface area (Å²) >= 11 is 0. The van der Waals surface area contributed by atoms with Crippen molar-refractivity contribution in [2.24, 2.45) is 0 Å². The van der Waals surface area contributed by atoms with Crippen molar-refractivity contribution in [1.82, 2.24) is 19.7 Å². The van der Waals surface area contributed by atoms with Gasteiger partial charge in [0, 0.05) is 6.20 Å². The number of benzene rings is 3. The summed E-state index contributed by atoms with van der Waals surface area (Å²) in [6.07, 6.45) is -0.832. The van der Waals surface area contributed by atoms with Crippen LogP contribution in [0.15, 0.2) is 107 Å². The quantitative estimate of drug-likeness (QED) is 0.255. The zero-order valence-corrected chi connectivity index (χ0v) is 22.2. The minimum absolute atomic E-state index is 0.162. The van der Waals surface area contributed by atoms with Gasteiger partial charge < -0.3 is 18.9 Å². The van der Waals surface area contributed by atoms with E-state index in [4.69, 9.17) is 18.9 Å². The number of H-pyrrole nitrogens is 2. The van der Waals surface area contributed by atoms with Crippen molar-refractivity contribution >= 4 is 11.0 Å². The second-order valence-electron chi connectivity index (χ2n) is 9.87. The summed E-state index contributed by atoms with van der Waals surface area (Å²) in [4.78, 5) is 29.1. The molecule has 6 rings (SSSR count). The fourth-order valence-corrected chi connectivity index (χ4v) is 4.92. The number of aromatic nitrogens is 4. The summed E-state index contributed by atoms with van der Waals surface area (Å²) < 4.78 is 27.1. The molecule has 3 aromatic carbocycles. The molecular formula is C31H30N4O6. The predicted octanol–water partition coefficient (Wildman–Crippen LogP) is 3.70. The van der Waals surface area contributed by atoms with E-state index in [1.807, 2.05) is 91.0 Å². The van der Waals surface area contributed by atoms with Gasteiger partial charge in [-0.1, -0.05) is 91.0 Å². The number of rotatable bonds is 11. The van der Waals surface area contributed by atoms with Crippen LogP contribution in [0.25, 0.3) is 11.0 Å². The zero-order valence-electron chi connectivity index (χ0n) is 22.2. The molecule has 10 nitrogen and oxygen atoms in total. The van der Waals surface area contributed by atoms with E-state index in [0.717, 1.165) is 16.7 Å².